The van der Waals surface area contributed by atoms with Gasteiger partial charge in [-0.25, -0.2) is 0 Å². The number of hydrogen-bond donors (Lipinski definition) is 2. The van der Waals surface area contributed by atoms with Gasteiger partial charge in [0.05, 0.1) is 6.61 Å². The molecule has 2 aromatic rings. The summed E-state index contributed by atoms with van der Waals surface area (Å²) in [7, 11) is 0. The van der Waals surface area contributed by atoms with Gasteiger partial charge in [-0.15, -0.1) is 0 Å². The molecular formula is C20H24N2O3. The van der Waals surface area contributed by atoms with E-state index in [1.54, 1.807) is 18.2 Å². The molecule has 0 radical (unpaired) electrons. The summed E-state index contributed by atoms with van der Waals surface area (Å²) in [4.78, 5) is 24.0. The van der Waals surface area contributed by atoms with Crippen LogP contribution in [-0.2, 0) is 11.2 Å². The van der Waals surface area contributed by atoms with Crippen LogP contribution in [0.5, 0.6) is 5.75 Å². The first-order chi connectivity index (χ1) is 12.2. The molecular weight excluding hydrogens is 316 g/mol. The fourth-order valence-electron chi connectivity index (χ4n) is 2.23. The molecule has 25 heavy (non-hydrogen) atoms. The smallest absolute Gasteiger partial charge is 0.269 e. The van der Waals surface area contributed by atoms with E-state index in [0.717, 1.165) is 18.4 Å². The van der Waals surface area contributed by atoms with Gasteiger partial charge >= 0.3 is 0 Å². The second kappa shape index (κ2) is 10.1. The predicted octanol–water partition coefficient (Wildman–Crippen LogP) is 3.26. The minimum absolute atomic E-state index is 0.229. The lowest BCUT2D eigenvalue weighted by Crippen LogP contribution is -2.41. The third-order valence-electron chi connectivity index (χ3n) is 3.66. The van der Waals surface area contributed by atoms with Gasteiger partial charge in [0, 0.05) is 12.0 Å². The summed E-state index contributed by atoms with van der Waals surface area (Å²) in [5.74, 6) is 0.0538. The third-order valence-corrected chi connectivity index (χ3v) is 3.66. The summed E-state index contributed by atoms with van der Waals surface area (Å²) in [6.45, 7) is 2.71. The first-order valence-corrected chi connectivity index (χ1v) is 8.55. The lowest BCUT2D eigenvalue weighted by Gasteiger charge is -2.09. The molecule has 5 heteroatoms. The average molecular weight is 340 g/mol. The molecule has 0 atom stereocenters. The maximum atomic E-state index is 12.1. The maximum absolute atomic E-state index is 12.1. The fourth-order valence-corrected chi connectivity index (χ4v) is 2.23. The van der Waals surface area contributed by atoms with Crippen LogP contribution < -0.4 is 15.6 Å². The maximum Gasteiger partial charge on any atom is 0.269 e. The van der Waals surface area contributed by atoms with Crippen molar-refractivity contribution in [3.8, 4) is 5.75 Å². The van der Waals surface area contributed by atoms with Crippen molar-refractivity contribution < 1.29 is 14.3 Å². The van der Waals surface area contributed by atoms with Gasteiger partial charge in [0.25, 0.3) is 5.91 Å². The summed E-state index contributed by atoms with van der Waals surface area (Å²) >= 11 is 0. The van der Waals surface area contributed by atoms with Gasteiger partial charge in [0.2, 0.25) is 5.91 Å². The minimum Gasteiger partial charge on any atom is -0.494 e. The Morgan fingerprint density at radius 1 is 1.00 bits per heavy atom. The van der Waals surface area contributed by atoms with Crippen molar-refractivity contribution in [3.05, 3.63) is 65.7 Å². The van der Waals surface area contributed by atoms with Crippen molar-refractivity contribution in [1.82, 2.24) is 10.9 Å². The van der Waals surface area contributed by atoms with Crippen molar-refractivity contribution in [2.75, 3.05) is 6.61 Å². The molecule has 0 heterocycles. The fraction of sp³-hybridized carbons (Fsp3) is 0.300. The van der Waals surface area contributed by atoms with Crippen molar-refractivity contribution in [3.63, 3.8) is 0 Å². The number of aryl methyl sites for hydroxylation is 1. The van der Waals surface area contributed by atoms with Crippen LogP contribution in [0.2, 0.25) is 0 Å². The molecule has 0 aliphatic carbocycles. The van der Waals surface area contributed by atoms with Crippen LogP contribution in [0.3, 0.4) is 0 Å². The highest BCUT2D eigenvalue weighted by molar-refractivity contribution is 5.95. The molecule has 5 nitrogen and oxygen atoms in total. The first-order valence-electron chi connectivity index (χ1n) is 8.55. The van der Waals surface area contributed by atoms with E-state index >= 15 is 0 Å². The highest BCUT2D eigenvalue weighted by Gasteiger charge is 2.08. The number of benzene rings is 2. The number of carbonyl (C=O) groups is 2. The van der Waals surface area contributed by atoms with Gasteiger partial charge in [-0.3, -0.25) is 20.4 Å². The summed E-state index contributed by atoms with van der Waals surface area (Å²) in [6, 6.07) is 16.7. The molecule has 2 N–H and O–H groups in total. The lowest BCUT2D eigenvalue weighted by atomic mass is 10.1. The number of hydrazine groups is 1. The number of hydrogen-bond acceptors (Lipinski definition) is 3. The SMILES string of the molecule is CCCCOc1cccc(C(=O)NNC(=O)CCc2ccccc2)c1. The van der Waals surface area contributed by atoms with Crippen molar-refractivity contribution in [1.29, 1.82) is 0 Å². The molecule has 0 fully saturated rings. The quantitative estimate of drug-likeness (QED) is 0.572. The van der Waals surface area contributed by atoms with Crippen LogP contribution in [0, 0.1) is 0 Å². The van der Waals surface area contributed by atoms with Crippen LogP contribution in [-0.4, -0.2) is 18.4 Å². The molecule has 0 aromatic heterocycles. The van der Waals surface area contributed by atoms with Crippen molar-refractivity contribution in [2.45, 2.75) is 32.6 Å². The van der Waals surface area contributed by atoms with Crippen LogP contribution in [0.1, 0.15) is 42.1 Å². The van der Waals surface area contributed by atoms with Crippen molar-refractivity contribution in [2.24, 2.45) is 0 Å². The van der Waals surface area contributed by atoms with Crippen molar-refractivity contribution >= 4 is 11.8 Å². The topological polar surface area (TPSA) is 67.4 Å². The Balaban J connectivity index is 1.77. The largest absolute Gasteiger partial charge is 0.494 e. The molecule has 2 rings (SSSR count). The van der Waals surface area contributed by atoms with E-state index in [9.17, 15) is 9.59 Å². The Kier molecular flexibility index (Phi) is 7.50. The Hall–Kier alpha value is -2.82. The van der Waals surface area contributed by atoms with Gasteiger partial charge < -0.3 is 4.74 Å². The summed E-state index contributed by atoms with van der Waals surface area (Å²) < 4.78 is 5.58. The number of unbranched alkanes of at least 4 members (excludes halogenated alkanes) is 1. The van der Waals surface area contributed by atoms with Gasteiger partial charge in [0.1, 0.15) is 5.75 Å². The highest BCUT2D eigenvalue weighted by atomic mass is 16.5. The second-order valence-corrected chi connectivity index (χ2v) is 5.72. The lowest BCUT2D eigenvalue weighted by molar-refractivity contribution is -0.121. The van der Waals surface area contributed by atoms with E-state index in [4.69, 9.17) is 4.74 Å². The molecule has 0 spiro atoms. The molecule has 2 amide bonds. The van der Waals surface area contributed by atoms with E-state index in [1.165, 1.54) is 0 Å². The van der Waals surface area contributed by atoms with Gasteiger partial charge in [0.15, 0.2) is 0 Å². The molecule has 0 saturated heterocycles. The number of rotatable bonds is 8. The molecule has 0 saturated carbocycles. The Morgan fingerprint density at radius 3 is 2.56 bits per heavy atom. The second-order valence-electron chi connectivity index (χ2n) is 5.72. The Labute approximate surface area is 148 Å². The highest BCUT2D eigenvalue weighted by Crippen LogP contribution is 2.13. The summed E-state index contributed by atoms with van der Waals surface area (Å²) in [5.41, 5.74) is 6.41. The van der Waals surface area contributed by atoms with E-state index in [1.807, 2.05) is 36.4 Å². The minimum atomic E-state index is -0.367. The van der Waals surface area contributed by atoms with E-state index in [-0.39, 0.29) is 11.8 Å². The Bertz CT molecular complexity index is 686. The normalized spacial score (nSPS) is 10.1. The van der Waals surface area contributed by atoms with Crippen LogP contribution in [0.4, 0.5) is 0 Å². The summed E-state index contributed by atoms with van der Waals surface area (Å²) in [6.07, 6.45) is 2.96. The van der Waals surface area contributed by atoms with E-state index in [2.05, 4.69) is 17.8 Å². The van der Waals surface area contributed by atoms with Gasteiger partial charge in [-0.1, -0.05) is 49.7 Å². The number of ether oxygens (including phenoxy) is 1. The molecule has 2 aromatic carbocycles. The Morgan fingerprint density at radius 2 is 1.80 bits per heavy atom. The molecule has 132 valence electrons. The predicted molar refractivity (Wildman–Crippen MR) is 97.2 cm³/mol. The number of nitrogens with one attached hydrogen (secondary N) is 2. The van der Waals surface area contributed by atoms with E-state index < -0.39 is 0 Å². The third kappa shape index (κ3) is 6.67. The van der Waals surface area contributed by atoms with Gasteiger partial charge in [-0.2, -0.15) is 0 Å². The zero-order valence-electron chi connectivity index (χ0n) is 14.5. The van der Waals surface area contributed by atoms with Gasteiger partial charge in [-0.05, 0) is 36.6 Å². The number of carbonyl (C=O) groups excluding carboxylic acids is 2. The van der Waals surface area contributed by atoms with Crippen LogP contribution in [0.15, 0.2) is 54.6 Å². The number of amides is 2. The zero-order chi connectivity index (χ0) is 17.9. The van der Waals surface area contributed by atoms with E-state index in [0.29, 0.717) is 30.8 Å². The monoisotopic (exact) mass is 340 g/mol. The average Bonchev–Trinajstić information content (AvgIpc) is 2.66. The molecule has 0 unspecified atom stereocenters. The molecule has 0 aliphatic heterocycles. The van der Waals surface area contributed by atoms with Crippen LogP contribution in [0.25, 0.3) is 0 Å². The molecule has 0 bridgehead atoms. The molecule has 0 aliphatic rings. The summed E-state index contributed by atoms with van der Waals surface area (Å²) in [5, 5.41) is 0. The first kappa shape index (κ1) is 18.5. The standard InChI is InChI=1S/C20H24N2O3/c1-2-3-14-25-18-11-7-10-17(15-18)20(24)22-21-19(23)13-12-16-8-5-4-6-9-16/h4-11,15H,2-3,12-14H2,1H3,(H,21,23)(H,22,24). The zero-order valence-corrected chi connectivity index (χ0v) is 14.5. The van der Waals surface area contributed by atoms with Crippen LogP contribution >= 0.6 is 0 Å².